The first-order valence-electron chi connectivity index (χ1n) is 15.6. The van der Waals surface area contributed by atoms with Crippen LogP contribution in [0, 0.1) is 28.1 Å². The van der Waals surface area contributed by atoms with Crippen LogP contribution in [-0.2, 0) is 33.4 Å². The Morgan fingerprint density at radius 3 is 2.55 bits per heavy atom. The molecule has 6 fully saturated rings. The van der Waals surface area contributed by atoms with Crippen LogP contribution in [0.3, 0.4) is 0 Å². The number of esters is 2. The number of nitrogens with zero attached hydrogens (tertiary/aromatic N) is 2. The second kappa shape index (κ2) is 9.29. The Morgan fingerprint density at radius 1 is 1.05 bits per heavy atom. The lowest BCUT2D eigenvalue weighted by atomic mass is 9.37. The highest BCUT2D eigenvalue weighted by atomic mass is 16.7. The third-order valence-electron chi connectivity index (χ3n) is 12.3. The molecule has 0 amide bonds. The topological polar surface area (TPSA) is 112 Å². The average Bonchev–Trinajstić information content (AvgIpc) is 3.44. The van der Waals surface area contributed by atoms with Crippen molar-refractivity contribution in [2.75, 3.05) is 32.8 Å². The van der Waals surface area contributed by atoms with Crippen LogP contribution in [-0.4, -0.2) is 78.8 Å². The van der Waals surface area contributed by atoms with Crippen molar-refractivity contribution in [2.45, 2.75) is 96.7 Å². The van der Waals surface area contributed by atoms with E-state index < -0.39 is 39.7 Å². The van der Waals surface area contributed by atoms with E-state index in [9.17, 15) is 9.59 Å². The third-order valence-corrected chi connectivity index (χ3v) is 12.3. The SMILES string of the molecule is CCN(CC)CCO/N=C1/CC2C(C)(C)OC3CC(=O)OC[C@]32C2CC[C@@]3(C)[C@H](c4ccoc4)OC(=O)[C@H]4O[C@]43[C@]12C. The summed E-state index contributed by atoms with van der Waals surface area (Å²) in [5, 5.41) is 4.94. The normalized spacial score (nSPS) is 45.7. The molecule has 42 heavy (non-hydrogen) atoms. The molecule has 9 atom stereocenters. The first-order valence-corrected chi connectivity index (χ1v) is 15.6. The zero-order valence-electron chi connectivity index (χ0n) is 25.6. The molecule has 5 heterocycles. The monoisotopic (exact) mass is 584 g/mol. The summed E-state index contributed by atoms with van der Waals surface area (Å²) in [6.45, 7) is 16.4. The van der Waals surface area contributed by atoms with Crippen LogP contribution in [0.4, 0.5) is 0 Å². The molecule has 7 rings (SSSR count). The van der Waals surface area contributed by atoms with E-state index in [0.29, 0.717) is 19.6 Å². The van der Waals surface area contributed by atoms with Gasteiger partial charge in [-0.25, -0.2) is 4.79 Å². The summed E-state index contributed by atoms with van der Waals surface area (Å²) in [6.07, 6.45) is 4.21. The molecular weight excluding hydrogens is 540 g/mol. The van der Waals surface area contributed by atoms with Gasteiger partial charge in [-0.15, -0.1) is 0 Å². The molecule has 0 radical (unpaired) electrons. The second-order valence-electron chi connectivity index (χ2n) is 14.2. The van der Waals surface area contributed by atoms with Crippen LogP contribution in [0.1, 0.15) is 78.9 Å². The molecular formula is C32H44N2O8. The predicted molar refractivity (Wildman–Crippen MR) is 150 cm³/mol. The van der Waals surface area contributed by atoms with E-state index in [1.165, 1.54) is 0 Å². The number of ether oxygens (including phenoxy) is 4. The van der Waals surface area contributed by atoms with Gasteiger partial charge in [-0.05, 0) is 58.2 Å². The number of cyclic esters (lactones) is 2. The zero-order valence-corrected chi connectivity index (χ0v) is 25.6. The van der Waals surface area contributed by atoms with E-state index in [0.717, 1.165) is 43.8 Å². The Morgan fingerprint density at radius 2 is 1.83 bits per heavy atom. The number of likely N-dealkylation sites (N-methyl/N-ethyl adjacent to an activating group) is 1. The number of rotatable bonds is 7. The fourth-order valence-corrected chi connectivity index (χ4v) is 10.3. The number of carbonyl (C=O) groups excluding carboxylic acids is 2. The average molecular weight is 585 g/mol. The van der Waals surface area contributed by atoms with Gasteiger partial charge in [-0.3, -0.25) is 4.79 Å². The highest BCUT2D eigenvalue weighted by Crippen LogP contribution is 2.80. The Balaban J connectivity index is 1.36. The Bertz CT molecular complexity index is 1290. The predicted octanol–water partition coefficient (Wildman–Crippen LogP) is 4.28. The first kappa shape index (κ1) is 28.3. The van der Waals surface area contributed by atoms with Gasteiger partial charge in [0.1, 0.15) is 24.9 Å². The second-order valence-corrected chi connectivity index (χ2v) is 14.2. The smallest absolute Gasteiger partial charge is 0.339 e. The summed E-state index contributed by atoms with van der Waals surface area (Å²) in [7, 11) is 0. The van der Waals surface area contributed by atoms with Gasteiger partial charge < -0.3 is 33.1 Å². The summed E-state index contributed by atoms with van der Waals surface area (Å²) in [4.78, 5) is 34.6. The third kappa shape index (κ3) is 3.40. The van der Waals surface area contributed by atoms with Gasteiger partial charge in [0.25, 0.3) is 0 Å². The summed E-state index contributed by atoms with van der Waals surface area (Å²) in [5.74, 6) is -0.521. The van der Waals surface area contributed by atoms with E-state index in [4.69, 9.17) is 33.4 Å². The minimum absolute atomic E-state index is 0.0114. The molecule has 2 spiro atoms. The van der Waals surface area contributed by atoms with Crippen molar-refractivity contribution in [3.63, 3.8) is 0 Å². The fraction of sp³-hybridized carbons (Fsp3) is 0.781. The van der Waals surface area contributed by atoms with E-state index in [2.05, 4.69) is 46.4 Å². The Kier molecular flexibility index (Phi) is 6.27. The lowest BCUT2D eigenvalue weighted by molar-refractivity contribution is -0.209. The number of hydrogen-bond donors (Lipinski definition) is 0. The van der Waals surface area contributed by atoms with Gasteiger partial charge in [-0.1, -0.05) is 32.9 Å². The minimum atomic E-state index is -0.861. The van der Waals surface area contributed by atoms with Crippen molar-refractivity contribution in [1.29, 1.82) is 0 Å². The molecule has 3 unspecified atom stereocenters. The van der Waals surface area contributed by atoms with E-state index in [1.54, 1.807) is 12.5 Å². The van der Waals surface area contributed by atoms with Gasteiger partial charge in [0.15, 0.2) is 6.10 Å². The molecule has 2 aliphatic carbocycles. The van der Waals surface area contributed by atoms with Gasteiger partial charge >= 0.3 is 11.9 Å². The van der Waals surface area contributed by atoms with Crippen molar-refractivity contribution in [1.82, 2.24) is 4.90 Å². The Labute approximate surface area is 247 Å². The lowest BCUT2D eigenvalue weighted by Gasteiger charge is -2.65. The molecule has 1 aromatic heterocycles. The summed E-state index contributed by atoms with van der Waals surface area (Å²) in [5.41, 5.74) is -1.27. The standard InChI is InChI=1S/C32H44N2O8/c1-7-34(8-2)12-14-39-33-22-15-21-28(3,4)41-23-16-24(35)38-18-31(21,23)20-9-11-29(5)25(19-10-13-37-17-19)40-27(36)26-32(29,42-26)30(20,22)6/h10,13,17,20-21,23,25-26H,7-9,11-12,14-16,18H2,1-6H3/b33-22-/t20?,21?,23?,25-,26+,29-,30-,31+,32+/m0/s1. The van der Waals surface area contributed by atoms with Gasteiger partial charge in [0.2, 0.25) is 0 Å². The largest absolute Gasteiger partial charge is 0.472 e. The van der Waals surface area contributed by atoms with Crippen LogP contribution >= 0.6 is 0 Å². The number of oxime groups is 1. The quantitative estimate of drug-likeness (QED) is 0.201. The van der Waals surface area contributed by atoms with Gasteiger partial charge in [0.05, 0.1) is 36.4 Å². The summed E-state index contributed by atoms with van der Waals surface area (Å²) < 4.78 is 30.9. The fourth-order valence-electron chi connectivity index (χ4n) is 10.3. The molecule has 1 aromatic rings. The molecule has 230 valence electrons. The van der Waals surface area contributed by atoms with E-state index >= 15 is 0 Å². The zero-order chi connectivity index (χ0) is 29.7. The first-order chi connectivity index (χ1) is 20.0. The van der Waals surface area contributed by atoms with Gasteiger partial charge in [-0.2, -0.15) is 0 Å². The number of fused-ring (bicyclic) bond motifs is 1. The lowest BCUT2D eigenvalue weighted by Crippen LogP contribution is -2.72. The van der Waals surface area contributed by atoms with Crippen LogP contribution in [0.5, 0.6) is 0 Å². The van der Waals surface area contributed by atoms with Crippen molar-refractivity contribution >= 4 is 17.7 Å². The number of epoxide rings is 1. The molecule has 0 N–H and O–H groups in total. The maximum atomic E-state index is 13.6. The molecule has 0 aromatic carbocycles. The number of furan rings is 1. The van der Waals surface area contributed by atoms with Crippen LogP contribution in [0.15, 0.2) is 28.2 Å². The molecule has 10 nitrogen and oxygen atoms in total. The van der Waals surface area contributed by atoms with Crippen molar-refractivity contribution in [3.05, 3.63) is 24.2 Å². The van der Waals surface area contributed by atoms with Crippen LogP contribution in [0.25, 0.3) is 0 Å². The van der Waals surface area contributed by atoms with E-state index in [1.807, 2.05) is 6.07 Å². The molecule has 4 aliphatic heterocycles. The molecule has 2 saturated carbocycles. The molecule has 0 bridgehead atoms. The molecule has 10 heteroatoms. The van der Waals surface area contributed by atoms with Crippen molar-refractivity contribution in [2.24, 2.45) is 33.2 Å². The summed E-state index contributed by atoms with van der Waals surface area (Å²) >= 11 is 0. The van der Waals surface area contributed by atoms with Gasteiger partial charge in [0, 0.05) is 34.3 Å². The Hall–Kier alpha value is -2.43. The van der Waals surface area contributed by atoms with Crippen LogP contribution < -0.4 is 0 Å². The highest BCUT2D eigenvalue weighted by Gasteiger charge is 2.89. The molecule has 6 aliphatic rings. The maximum Gasteiger partial charge on any atom is 0.339 e. The number of hydrogen-bond acceptors (Lipinski definition) is 10. The highest BCUT2D eigenvalue weighted by molar-refractivity contribution is 5.96. The van der Waals surface area contributed by atoms with Crippen molar-refractivity contribution < 1.29 is 37.8 Å². The molecule has 4 saturated heterocycles. The number of carbonyl (C=O) groups is 2. The minimum Gasteiger partial charge on any atom is -0.472 e. The maximum absolute atomic E-state index is 13.6. The van der Waals surface area contributed by atoms with Crippen molar-refractivity contribution in [3.8, 4) is 0 Å². The van der Waals surface area contributed by atoms with Crippen LogP contribution in [0.2, 0.25) is 0 Å². The summed E-state index contributed by atoms with van der Waals surface area (Å²) in [6, 6.07) is 1.87. The van der Waals surface area contributed by atoms with E-state index in [-0.39, 0.29) is 36.3 Å².